The highest BCUT2D eigenvalue weighted by atomic mass is 16.6. The van der Waals surface area contributed by atoms with Gasteiger partial charge in [-0.3, -0.25) is 4.79 Å². The molecule has 0 spiro atoms. The van der Waals surface area contributed by atoms with Crippen molar-refractivity contribution < 1.29 is 19.7 Å². The maximum absolute atomic E-state index is 13.2. The number of carbonyl (C=O) groups excluding carboxylic acids is 1. The molecule has 0 unspecified atom stereocenters. The molecule has 0 aliphatic carbocycles. The summed E-state index contributed by atoms with van der Waals surface area (Å²) in [4.78, 5) is 29.9. The van der Waals surface area contributed by atoms with Crippen LogP contribution in [0.25, 0.3) is 22.3 Å². The minimum Gasteiger partial charge on any atom is -0.459 e. The normalized spacial score (nSPS) is 23.0. The van der Waals surface area contributed by atoms with Gasteiger partial charge in [0.05, 0.1) is 29.0 Å². The van der Waals surface area contributed by atoms with E-state index in [1.807, 2.05) is 30.3 Å². The third-order valence-corrected chi connectivity index (χ3v) is 5.81. The lowest BCUT2D eigenvalue weighted by atomic mass is 9.83. The first-order chi connectivity index (χ1) is 13.4. The number of rotatable bonds is 1. The van der Waals surface area contributed by atoms with Crippen LogP contribution in [0.1, 0.15) is 30.0 Å². The quantitative estimate of drug-likeness (QED) is 0.486. The second-order valence-corrected chi connectivity index (χ2v) is 7.29. The summed E-state index contributed by atoms with van der Waals surface area (Å²) in [6, 6.07) is 11.4. The van der Waals surface area contributed by atoms with Crippen LogP contribution in [0.2, 0.25) is 0 Å². The fraction of sp³-hybridized carbons (Fsp3) is 0.286. The summed E-state index contributed by atoms with van der Waals surface area (Å²) < 4.78 is 6.62. The molecule has 2 N–H and O–H groups in total. The topological polar surface area (TPSA) is 102 Å². The molecule has 2 atom stereocenters. The first-order valence-corrected chi connectivity index (χ1v) is 9.17. The van der Waals surface area contributed by atoms with E-state index in [9.17, 15) is 19.8 Å². The molecule has 2 aliphatic rings. The van der Waals surface area contributed by atoms with Crippen molar-refractivity contribution in [2.24, 2.45) is 0 Å². The third kappa shape index (κ3) is 2.14. The monoisotopic (exact) mass is 378 g/mol. The van der Waals surface area contributed by atoms with Crippen molar-refractivity contribution in [3.8, 4) is 11.4 Å². The Hall–Kier alpha value is -3.03. The Bertz CT molecular complexity index is 1220. The standard InChI is InChI=1S/C21H18N2O5/c1-2-21(27)14-8-16-17-12(7-11-5-3-4-6-15(11)22-17)9-23(16)19(25)13(14)10-28-20(26)18(21)24/h3-8,18,24,27H,2,9-10H2,1H3/t18-,21-/m0/s1. The Kier molecular flexibility index (Phi) is 3.50. The fourth-order valence-corrected chi connectivity index (χ4v) is 4.19. The van der Waals surface area contributed by atoms with Gasteiger partial charge in [0, 0.05) is 16.5 Å². The lowest BCUT2D eigenvalue weighted by molar-refractivity contribution is -0.170. The van der Waals surface area contributed by atoms with Crippen molar-refractivity contribution in [2.75, 3.05) is 0 Å². The predicted octanol–water partition coefficient (Wildman–Crippen LogP) is 1.44. The van der Waals surface area contributed by atoms with Crippen molar-refractivity contribution in [3.63, 3.8) is 0 Å². The van der Waals surface area contributed by atoms with Gasteiger partial charge in [-0.05, 0) is 24.6 Å². The van der Waals surface area contributed by atoms with Gasteiger partial charge in [0.25, 0.3) is 5.56 Å². The summed E-state index contributed by atoms with van der Waals surface area (Å²) in [7, 11) is 0. The number of para-hydroxylation sites is 1. The number of hydrogen-bond donors (Lipinski definition) is 2. The highest BCUT2D eigenvalue weighted by molar-refractivity contribution is 5.84. The van der Waals surface area contributed by atoms with Gasteiger partial charge in [-0.25, -0.2) is 9.78 Å². The maximum Gasteiger partial charge on any atom is 0.338 e. The Morgan fingerprint density at radius 3 is 2.86 bits per heavy atom. The zero-order chi connectivity index (χ0) is 19.6. The number of benzene rings is 1. The fourth-order valence-electron chi connectivity index (χ4n) is 4.19. The van der Waals surface area contributed by atoms with E-state index in [4.69, 9.17) is 9.72 Å². The average molecular weight is 378 g/mol. The zero-order valence-electron chi connectivity index (χ0n) is 15.2. The van der Waals surface area contributed by atoms with Crippen molar-refractivity contribution in [3.05, 3.63) is 63.4 Å². The molecule has 28 heavy (non-hydrogen) atoms. The molecule has 0 radical (unpaired) electrons. The largest absolute Gasteiger partial charge is 0.459 e. The molecule has 0 saturated heterocycles. The first-order valence-electron chi connectivity index (χ1n) is 9.17. The van der Waals surface area contributed by atoms with E-state index in [1.165, 1.54) is 0 Å². The highest BCUT2D eigenvalue weighted by Crippen LogP contribution is 2.39. The lowest BCUT2D eigenvalue weighted by Crippen LogP contribution is -2.44. The summed E-state index contributed by atoms with van der Waals surface area (Å²) in [6.07, 6.45) is -1.71. The number of pyridine rings is 2. The summed E-state index contributed by atoms with van der Waals surface area (Å²) in [5, 5.41) is 22.4. The summed E-state index contributed by atoms with van der Waals surface area (Å²) in [6.45, 7) is 1.73. The van der Waals surface area contributed by atoms with Crippen LogP contribution in [0.15, 0.2) is 41.2 Å². The molecule has 5 rings (SSSR count). The van der Waals surface area contributed by atoms with Crippen molar-refractivity contribution in [1.29, 1.82) is 0 Å². The molecule has 0 amide bonds. The van der Waals surface area contributed by atoms with Crippen LogP contribution < -0.4 is 5.56 Å². The second-order valence-electron chi connectivity index (χ2n) is 7.29. The van der Waals surface area contributed by atoms with E-state index in [2.05, 4.69) is 0 Å². The average Bonchev–Trinajstić information content (AvgIpc) is 3.03. The molecule has 7 heteroatoms. The zero-order valence-corrected chi connectivity index (χ0v) is 15.2. The van der Waals surface area contributed by atoms with Crippen LogP contribution in [0.3, 0.4) is 0 Å². The van der Waals surface area contributed by atoms with Crippen LogP contribution in [-0.4, -0.2) is 31.8 Å². The molecular weight excluding hydrogens is 360 g/mol. The van der Waals surface area contributed by atoms with Crippen LogP contribution in [0.4, 0.5) is 0 Å². The Morgan fingerprint density at radius 2 is 2.07 bits per heavy atom. The summed E-state index contributed by atoms with van der Waals surface area (Å²) in [5.74, 6) is -0.936. The molecule has 0 saturated carbocycles. The molecule has 1 aromatic carbocycles. The summed E-state index contributed by atoms with van der Waals surface area (Å²) >= 11 is 0. The van der Waals surface area contributed by atoms with Gasteiger partial charge in [0.2, 0.25) is 0 Å². The number of aliphatic hydroxyl groups is 2. The molecule has 7 nitrogen and oxygen atoms in total. The van der Waals surface area contributed by atoms with E-state index in [-0.39, 0.29) is 29.7 Å². The van der Waals surface area contributed by atoms with Gasteiger partial charge < -0.3 is 19.5 Å². The molecule has 0 bridgehead atoms. The van der Waals surface area contributed by atoms with Crippen molar-refractivity contribution >= 4 is 16.9 Å². The van der Waals surface area contributed by atoms with Crippen LogP contribution in [0, 0.1) is 0 Å². The number of ether oxygens (including phenoxy) is 1. The lowest BCUT2D eigenvalue weighted by Gasteiger charge is -2.30. The minimum absolute atomic E-state index is 0.0527. The van der Waals surface area contributed by atoms with Gasteiger partial charge in [-0.2, -0.15) is 0 Å². The van der Waals surface area contributed by atoms with Crippen molar-refractivity contribution in [1.82, 2.24) is 9.55 Å². The van der Waals surface area contributed by atoms with Crippen molar-refractivity contribution in [2.45, 2.75) is 38.2 Å². The molecular formula is C21H18N2O5. The van der Waals surface area contributed by atoms with E-state index in [0.29, 0.717) is 17.9 Å². The number of aromatic nitrogens is 2. The van der Waals surface area contributed by atoms with Gasteiger partial charge in [0.15, 0.2) is 6.10 Å². The molecule has 0 fully saturated rings. The van der Waals surface area contributed by atoms with Crippen LogP contribution >= 0.6 is 0 Å². The Balaban J connectivity index is 1.80. The highest BCUT2D eigenvalue weighted by Gasteiger charge is 2.46. The summed E-state index contributed by atoms with van der Waals surface area (Å²) in [5.41, 5.74) is 1.14. The van der Waals surface area contributed by atoms with Gasteiger partial charge in [0.1, 0.15) is 12.2 Å². The SMILES string of the molecule is CC[C@]1(O)c2cc3n(c(=O)c2COC(=O)[C@@H]1O)Cc1cc2ccccc2nc1-3. The van der Waals surface area contributed by atoms with Crippen LogP contribution in [-0.2, 0) is 28.3 Å². The number of hydrogen-bond acceptors (Lipinski definition) is 6. The number of esters is 1. The third-order valence-electron chi connectivity index (χ3n) is 5.81. The molecule has 2 aliphatic heterocycles. The van der Waals surface area contributed by atoms with Gasteiger partial charge in [-0.15, -0.1) is 0 Å². The molecule has 4 heterocycles. The Labute approximate surface area is 159 Å². The number of fused-ring (bicyclic) bond motifs is 5. The number of nitrogens with zero attached hydrogens (tertiary/aromatic N) is 2. The molecule has 2 aromatic heterocycles. The molecule has 142 valence electrons. The van der Waals surface area contributed by atoms with E-state index in [1.54, 1.807) is 17.6 Å². The van der Waals surface area contributed by atoms with E-state index < -0.39 is 17.7 Å². The minimum atomic E-state index is -1.89. The molecule has 3 aromatic rings. The Morgan fingerprint density at radius 1 is 1.29 bits per heavy atom. The maximum atomic E-state index is 13.2. The number of cyclic esters (lactones) is 1. The smallest absolute Gasteiger partial charge is 0.338 e. The number of aliphatic hydroxyl groups excluding tert-OH is 1. The van der Waals surface area contributed by atoms with Gasteiger partial charge in [-0.1, -0.05) is 25.1 Å². The second kappa shape index (κ2) is 5.73. The van der Waals surface area contributed by atoms with Crippen LogP contribution in [0.5, 0.6) is 0 Å². The number of carbonyl (C=O) groups is 1. The van der Waals surface area contributed by atoms with E-state index >= 15 is 0 Å². The predicted molar refractivity (Wildman–Crippen MR) is 101 cm³/mol. The first kappa shape index (κ1) is 17.1. The van der Waals surface area contributed by atoms with Gasteiger partial charge >= 0.3 is 5.97 Å². The van der Waals surface area contributed by atoms with E-state index in [0.717, 1.165) is 16.5 Å².